The Morgan fingerprint density at radius 3 is 2.16 bits per heavy atom. The second kappa shape index (κ2) is 12.9. The molecule has 2 aliphatic heterocycles. The maximum atomic E-state index is 13.7. The number of nitrogens with one attached hydrogen (secondary N) is 1. The lowest BCUT2D eigenvalue weighted by atomic mass is 9.94. The summed E-state index contributed by atoms with van der Waals surface area (Å²) in [7, 11) is 0. The van der Waals surface area contributed by atoms with Crippen LogP contribution in [0.15, 0.2) is 48.5 Å². The molecule has 0 spiro atoms. The van der Waals surface area contributed by atoms with E-state index in [4.69, 9.17) is 0 Å². The number of piperazine rings is 1. The van der Waals surface area contributed by atoms with Crippen LogP contribution in [0.3, 0.4) is 0 Å². The van der Waals surface area contributed by atoms with Gasteiger partial charge in [0.05, 0.1) is 11.5 Å². The van der Waals surface area contributed by atoms with Gasteiger partial charge in [-0.3, -0.25) is 14.4 Å². The summed E-state index contributed by atoms with van der Waals surface area (Å²) in [6.07, 6.45) is 4.40. The number of hydrogen-bond donors (Lipinski definition) is 1. The standard InChI is InChI=1S/C31H42N4O3/c1-4-26(24-11-7-5-8-12-24)30(37)35-19-17-33(18-20-35)28-14-13-25(32-29(36)21-23(2)3)22-27(28)31(38)34-15-9-6-10-16-34/h5,7-8,11-14,22-23,26H,4,6,9-10,15-21H2,1-3H3,(H,32,36). The van der Waals surface area contributed by atoms with E-state index in [1.807, 2.05) is 72.2 Å². The van der Waals surface area contributed by atoms with Crippen LogP contribution in [0.1, 0.15) is 74.7 Å². The molecule has 1 unspecified atom stereocenters. The van der Waals surface area contributed by atoms with Crippen LogP contribution in [0.25, 0.3) is 0 Å². The lowest BCUT2D eigenvalue weighted by Crippen LogP contribution is -2.50. The van der Waals surface area contributed by atoms with E-state index in [1.165, 1.54) is 0 Å². The average Bonchev–Trinajstić information content (AvgIpc) is 2.93. The number of likely N-dealkylation sites (tertiary alicyclic amines) is 1. The van der Waals surface area contributed by atoms with Gasteiger partial charge in [0.25, 0.3) is 5.91 Å². The molecule has 204 valence electrons. The van der Waals surface area contributed by atoms with E-state index in [-0.39, 0.29) is 29.6 Å². The predicted octanol–water partition coefficient (Wildman–Crippen LogP) is 5.14. The van der Waals surface area contributed by atoms with E-state index in [9.17, 15) is 14.4 Å². The summed E-state index contributed by atoms with van der Waals surface area (Å²) < 4.78 is 0. The zero-order chi connectivity index (χ0) is 27.1. The van der Waals surface area contributed by atoms with Crippen LogP contribution >= 0.6 is 0 Å². The molecular weight excluding hydrogens is 476 g/mol. The number of rotatable bonds is 8. The predicted molar refractivity (Wildman–Crippen MR) is 153 cm³/mol. The molecule has 2 saturated heterocycles. The van der Waals surface area contributed by atoms with Gasteiger partial charge in [0.15, 0.2) is 0 Å². The molecule has 1 atom stereocenters. The third kappa shape index (κ3) is 6.74. The first-order valence-electron chi connectivity index (χ1n) is 14.2. The molecule has 2 fully saturated rings. The Balaban J connectivity index is 1.50. The monoisotopic (exact) mass is 518 g/mol. The summed E-state index contributed by atoms with van der Waals surface area (Å²) in [6, 6.07) is 15.7. The van der Waals surface area contributed by atoms with Crippen molar-refractivity contribution in [2.24, 2.45) is 5.92 Å². The lowest BCUT2D eigenvalue weighted by Gasteiger charge is -2.38. The van der Waals surface area contributed by atoms with Gasteiger partial charge in [0.2, 0.25) is 11.8 Å². The van der Waals surface area contributed by atoms with Gasteiger partial charge in [0.1, 0.15) is 0 Å². The van der Waals surface area contributed by atoms with Crippen LogP contribution in [0.5, 0.6) is 0 Å². The molecule has 7 nitrogen and oxygen atoms in total. The van der Waals surface area contributed by atoms with Crippen molar-refractivity contribution in [3.63, 3.8) is 0 Å². The fourth-order valence-corrected chi connectivity index (χ4v) is 5.54. The highest BCUT2D eigenvalue weighted by molar-refractivity contribution is 6.02. The number of anilines is 2. The maximum Gasteiger partial charge on any atom is 0.256 e. The Hall–Kier alpha value is -3.35. The molecule has 7 heteroatoms. The zero-order valence-corrected chi connectivity index (χ0v) is 23.1. The number of carbonyl (C=O) groups is 3. The van der Waals surface area contributed by atoms with Gasteiger partial charge >= 0.3 is 0 Å². The molecule has 0 saturated carbocycles. The van der Waals surface area contributed by atoms with Gasteiger partial charge in [-0.05, 0) is 55.4 Å². The molecule has 2 aromatic rings. The number of nitrogens with zero attached hydrogens (tertiary/aromatic N) is 3. The number of piperidine rings is 1. The molecule has 2 aliphatic rings. The van der Waals surface area contributed by atoms with Crippen LogP contribution in [0.4, 0.5) is 11.4 Å². The Kier molecular flexibility index (Phi) is 9.43. The Labute approximate surface area is 227 Å². The highest BCUT2D eigenvalue weighted by atomic mass is 16.2. The highest BCUT2D eigenvalue weighted by Gasteiger charge is 2.30. The van der Waals surface area contributed by atoms with Gasteiger partial charge < -0.3 is 20.0 Å². The van der Waals surface area contributed by atoms with Gasteiger partial charge in [-0.15, -0.1) is 0 Å². The highest BCUT2D eigenvalue weighted by Crippen LogP contribution is 2.29. The van der Waals surface area contributed by atoms with Crippen LogP contribution in [0, 0.1) is 5.92 Å². The summed E-state index contributed by atoms with van der Waals surface area (Å²) in [6.45, 7) is 10.2. The van der Waals surface area contributed by atoms with Crippen LogP contribution in [-0.2, 0) is 9.59 Å². The van der Waals surface area contributed by atoms with Crippen LogP contribution in [-0.4, -0.2) is 66.8 Å². The van der Waals surface area contributed by atoms with Crippen molar-refractivity contribution in [3.8, 4) is 0 Å². The maximum absolute atomic E-state index is 13.7. The summed E-state index contributed by atoms with van der Waals surface area (Å²) >= 11 is 0. The Bertz CT molecular complexity index is 1100. The number of hydrogen-bond acceptors (Lipinski definition) is 4. The Morgan fingerprint density at radius 1 is 0.842 bits per heavy atom. The molecule has 0 aromatic heterocycles. The van der Waals surface area contributed by atoms with Gasteiger partial charge in [-0.1, -0.05) is 51.1 Å². The molecule has 4 rings (SSSR count). The molecule has 1 N–H and O–H groups in total. The fourth-order valence-electron chi connectivity index (χ4n) is 5.54. The summed E-state index contributed by atoms with van der Waals surface area (Å²) in [4.78, 5) is 45.6. The van der Waals surface area contributed by atoms with E-state index < -0.39 is 0 Å². The molecular formula is C31H42N4O3. The van der Waals surface area contributed by atoms with Crippen molar-refractivity contribution in [1.29, 1.82) is 0 Å². The van der Waals surface area contributed by atoms with E-state index in [1.54, 1.807) is 0 Å². The van der Waals surface area contributed by atoms with E-state index in [0.29, 0.717) is 43.9 Å². The van der Waals surface area contributed by atoms with Crippen molar-refractivity contribution >= 4 is 29.1 Å². The molecule has 0 aliphatic carbocycles. The van der Waals surface area contributed by atoms with Crippen molar-refractivity contribution < 1.29 is 14.4 Å². The summed E-state index contributed by atoms with van der Waals surface area (Å²) in [5.41, 5.74) is 3.23. The van der Waals surface area contributed by atoms with Crippen molar-refractivity contribution in [3.05, 3.63) is 59.7 Å². The van der Waals surface area contributed by atoms with Crippen molar-refractivity contribution in [2.75, 3.05) is 49.5 Å². The molecule has 3 amide bonds. The first-order valence-corrected chi connectivity index (χ1v) is 14.2. The SMILES string of the molecule is CCC(C(=O)N1CCN(c2ccc(NC(=O)CC(C)C)cc2C(=O)N2CCCCC2)CC1)c1ccccc1. The minimum Gasteiger partial charge on any atom is -0.367 e. The molecule has 2 aromatic carbocycles. The topological polar surface area (TPSA) is 73.0 Å². The Morgan fingerprint density at radius 2 is 1.53 bits per heavy atom. The minimum atomic E-state index is -0.132. The first-order chi connectivity index (χ1) is 18.4. The minimum absolute atomic E-state index is 0.0216. The smallest absolute Gasteiger partial charge is 0.256 e. The van der Waals surface area contributed by atoms with E-state index in [2.05, 4.69) is 17.1 Å². The normalized spacial score (nSPS) is 16.9. The largest absolute Gasteiger partial charge is 0.367 e. The van der Waals surface area contributed by atoms with Gasteiger partial charge in [-0.2, -0.15) is 0 Å². The number of amides is 3. The fraction of sp³-hybridized carbons (Fsp3) is 0.516. The van der Waals surface area contributed by atoms with Crippen molar-refractivity contribution in [1.82, 2.24) is 9.80 Å². The van der Waals surface area contributed by atoms with Crippen LogP contribution in [0.2, 0.25) is 0 Å². The first kappa shape index (κ1) is 27.7. The van der Waals surface area contributed by atoms with Gasteiger partial charge in [-0.25, -0.2) is 0 Å². The second-order valence-electron chi connectivity index (χ2n) is 10.9. The van der Waals surface area contributed by atoms with Gasteiger partial charge in [0, 0.05) is 57.1 Å². The lowest BCUT2D eigenvalue weighted by molar-refractivity contribution is -0.133. The van der Waals surface area contributed by atoms with Crippen molar-refractivity contribution in [2.45, 2.75) is 58.8 Å². The summed E-state index contributed by atoms with van der Waals surface area (Å²) in [5.74, 6) is 0.282. The van der Waals surface area contributed by atoms with E-state index >= 15 is 0 Å². The zero-order valence-electron chi connectivity index (χ0n) is 23.1. The molecule has 38 heavy (non-hydrogen) atoms. The number of benzene rings is 2. The van der Waals surface area contributed by atoms with Crippen LogP contribution < -0.4 is 10.2 Å². The second-order valence-corrected chi connectivity index (χ2v) is 10.9. The molecule has 0 radical (unpaired) electrons. The molecule has 2 heterocycles. The average molecular weight is 519 g/mol. The molecule has 0 bridgehead atoms. The quantitative estimate of drug-likeness (QED) is 0.525. The number of carbonyl (C=O) groups excluding carboxylic acids is 3. The third-order valence-corrected chi connectivity index (χ3v) is 7.59. The summed E-state index contributed by atoms with van der Waals surface area (Å²) in [5, 5.41) is 2.98. The third-order valence-electron chi connectivity index (χ3n) is 7.59. The van der Waals surface area contributed by atoms with E-state index in [0.717, 1.165) is 50.0 Å².